The number of hydrogen-bond acceptors (Lipinski definition) is 3. The third-order valence-electron chi connectivity index (χ3n) is 4.22. The van der Waals surface area contributed by atoms with Crippen molar-refractivity contribution in [3.63, 3.8) is 0 Å². The van der Waals surface area contributed by atoms with Crippen LogP contribution in [0.1, 0.15) is 26.2 Å². The van der Waals surface area contributed by atoms with E-state index >= 15 is 0 Å². The second-order valence-corrected chi connectivity index (χ2v) is 5.17. The van der Waals surface area contributed by atoms with E-state index in [9.17, 15) is 0 Å². The van der Waals surface area contributed by atoms with Crippen LogP contribution in [0, 0.1) is 11.8 Å². The van der Waals surface area contributed by atoms with Crippen molar-refractivity contribution in [2.75, 3.05) is 26.8 Å². The van der Waals surface area contributed by atoms with Gasteiger partial charge in [-0.1, -0.05) is 0 Å². The average Bonchev–Trinajstić information content (AvgIpc) is 2.93. The molecule has 1 saturated carbocycles. The van der Waals surface area contributed by atoms with Gasteiger partial charge < -0.3 is 10.5 Å². The van der Waals surface area contributed by atoms with Crippen molar-refractivity contribution in [1.82, 2.24) is 4.90 Å². The van der Waals surface area contributed by atoms with Crippen LogP contribution in [0.15, 0.2) is 0 Å². The summed E-state index contributed by atoms with van der Waals surface area (Å²) in [6, 6.07) is 1.21. The Labute approximate surface area is 93.0 Å². The van der Waals surface area contributed by atoms with Gasteiger partial charge in [0.15, 0.2) is 0 Å². The molecule has 2 aliphatic rings. The Hall–Kier alpha value is -0.120. The molecule has 0 aromatic carbocycles. The summed E-state index contributed by atoms with van der Waals surface area (Å²) in [7, 11) is 2.23. The third-order valence-corrected chi connectivity index (χ3v) is 4.22. The smallest absolute Gasteiger partial charge is 0.0509 e. The highest BCUT2D eigenvalue weighted by molar-refractivity contribution is 4.91. The Morgan fingerprint density at radius 2 is 2.07 bits per heavy atom. The second kappa shape index (κ2) is 4.81. The number of hydrogen-bond donors (Lipinski definition) is 1. The molecule has 0 bridgehead atoms. The molecule has 1 heterocycles. The molecule has 2 rings (SSSR count). The lowest BCUT2D eigenvalue weighted by Crippen LogP contribution is -2.47. The highest BCUT2D eigenvalue weighted by Crippen LogP contribution is 2.36. The van der Waals surface area contributed by atoms with Crippen LogP contribution in [0.25, 0.3) is 0 Å². The largest absolute Gasteiger partial charge is 0.381 e. The van der Waals surface area contributed by atoms with Crippen LogP contribution in [-0.2, 0) is 4.74 Å². The summed E-state index contributed by atoms with van der Waals surface area (Å²) in [5, 5.41) is 0. The van der Waals surface area contributed by atoms with Crippen molar-refractivity contribution >= 4 is 0 Å². The molecule has 1 aliphatic heterocycles. The summed E-state index contributed by atoms with van der Waals surface area (Å²) >= 11 is 0. The first-order valence-corrected chi connectivity index (χ1v) is 6.23. The van der Waals surface area contributed by atoms with E-state index in [2.05, 4.69) is 18.9 Å². The zero-order valence-electron chi connectivity index (χ0n) is 9.98. The quantitative estimate of drug-likeness (QED) is 0.741. The first kappa shape index (κ1) is 11.4. The van der Waals surface area contributed by atoms with E-state index in [1.165, 1.54) is 19.3 Å². The maximum absolute atomic E-state index is 5.88. The normalized spacial score (nSPS) is 30.8. The summed E-state index contributed by atoms with van der Waals surface area (Å²) in [6.07, 6.45) is 3.97. The standard InChI is InChI=1S/C12H24N2O/c1-9(11-5-6-15-8-11)14(2)12(7-13)10-3-4-10/h9-12H,3-8,13H2,1-2H3. The minimum atomic E-state index is 0.598. The molecule has 15 heavy (non-hydrogen) atoms. The van der Waals surface area contributed by atoms with Crippen molar-refractivity contribution in [3.8, 4) is 0 Å². The first-order chi connectivity index (χ1) is 7.24. The van der Waals surface area contributed by atoms with Gasteiger partial charge in [0.1, 0.15) is 0 Å². The zero-order valence-corrected chi connectivity index (χ0v) is 9.98. The SMILES string of the molecule is CC(C1CCOC1)N(C)C(CN)C1CC1. The lowest BCUT2D eigenvalue weighted by atomic mass is 9.97. The van der Waals surface area contributed by atoms with E-state index in [4.69, 9.17) is 10.5 Å². The van der Waals surface area contributed by atoms with E-state index < -0.39 is 0 Å². The lowest BCUT2D eigenvalue weighted by Gasteiger charge is -2.35. The van der Waals surface area contributed by atoms with Crippen LogP contribution in [0.5, 0.6) is 0 Å². The van der Waals surface area contributed by atoms with Crippen LogP contribution in [-0.4, -0.2) is 43.8 Å². The van der Waals surface area contributed by atoms with Crippen LogP contribution in [0.2, 0.25) is 0 Å². The van der Waals surface area contributed by atoms with Gasteiger partial charge in [-0.3, -0.25) is 4.90 Å². The third kappa shape index (κ3) is 2.52. The Balaban J connectivity index is 1.89. The number of nitrogens with zero attached hydrogens (tertiary/aromatic N) is 1. The summed E-state index contributed by atoms with van der Waals surface area (Å²) in [5.74, 6) is 1.58. The molecule has 2 fully saturated rings. The van der Waals surface area contributed by atoms with Crippen molar-refractivity contribution < 1.29 is 4.74 Å². The molecule has 3 nitrogen and oxygen atoms in total. The molecule has 0 radical (unpaired) electrons. The van der Waals surface area contributed by atoms with Gasteiger partial charge in [-0.15, -0.1) is 0 Å². The molecule has 88 valence electrons. The van der Waals surface area contributed by atoms with E-state index in [0.29, 0.717) is 18.0 Å². The van der Waals surface area contributed by atoms with Crippen molar-refractivity contribution in [3.05, 3.63) is 0 Å². The Morgan fingerprint density at radius 1 is 1.33 bits per heavy atom. The van der Waals surface area contributed by atoms with Crippen LogP contribution < -0.4 is 5.73 Å². The van der Waals surface area contributed by atoms with Crippen molar-refractivity contribution in [2.45, 2.75) is 38.3 Å². The molecule has 3 atom stereocenters. The molecule has 2 N–H and O–H groups in total. The molecule has 0 aromatic heterocycles. The summed E-state index contributed by atoms with van der Waals surface area (Å²) < 4.78 is 5.46. The predicted molar refractivity (Wildman–Crippen MR) is 61.7 cm³/mol. The Kier molecular flexibility index (Phi) is 3.65. The van der Waals surface area contributed by atoms with Gasteiger partial charge in [0, 0.05) is 25.2 Å². The van der Waals surface area contributed by atoms with Gasteiger partial charge in [0.2, 0.25) is 0 Å². The predicted octanol–water partition coefficient (Wildman–Crippen LogP) is 1.08. The second-order valence-electron chi connectivity index (χ2n) is 5.17. The Morgan fingerprint density at radius 3 is 2.53 bits per heavy atom. The van der Waals surface area contributed by atoms with Crippen LogP contribution >= 0.6 is 0 Å². The number of ether oxygens (including phenoxy) is 1. The molecular weight excluding hydrogens is 188 g/mol. The van der Waals surface area contributed by atoms with Gasteiger partial charge in [-0.05, 0) is 45.1 Å². The fraction of sp³-hybridized carbons (Fsp3) is 1.00. The summed E-state index contributed by atoms with van der Waals surface area (Å²) in [6.45, 7) is 5.01. The average molecular weight is 212 g/mol. The van der Waals surface area contributed by atoms with Gasteiger partial charge in [-0.2, -0.15) is 0 Å². The minimum absolute atomic E-state index is 0.598. The number of rotatable bonds is 5. The van der Waals surface area contributed by atoms with Crippen molar-refractivity contribution in [2.24, 2.45) is 17.6 Å². The van der Waals surface area contributed by atoms with Gasteiger partial charge in [0.25, 0.3) is 0 Å². The maximum Gasteiger partial charge on any atom is 0.0509 e. The lowest BCUT2D eigenvalue weighted by molar-refractivity contribution is 0.109. The van der Waals surface area contributed by atoms with Gasteiger partial charge in [0.05, 0.1) is 6.61 Å². The monoisotopic (exact) mass is 212 g/mol. The summed E-state index contributed by atoms with van der Waals surface area (Å²) in [4.78, 5) is 2.50. The highest BCUT2D eigenvalue weighted by atomic mass is 16.5. The fourth-order valence-corrected chi connectivity index (χ4v) is 2.74. The Bertz CT molecular complexity index is 200. The van der Waals surface area contributed by atoms with Gasteiger partial charge >= 0.3 is 0 Å². The number of nitrogens with two attached hydrogens (primary N) is 1. The molecule has 1 aliphatic carbocycles. The van der Waals surface area contributed by atoms with E-state index in [-0.39, 0.29) is 0 Å². The molecule has 3 unspecified atom stereocenters. The van der Waals surface area contributed by atoms with Crippen LogP contribution in [0.3, 0.4) is 0 Å². The molecule has 0 spiro atoms. The molecule has 3 heteroatoms. The van der Waals surface area contributed by atoms with Gasteiger partial charge in [-0.25, -0.2) is 0 Å². The van der Waals surface area contributed by atoms with E-state index in [1.807, 2.05) is 0 Å². The molecule has 0 amide bonds. The summed E-state index contributed by atoms with van der Waals surface area (Å²) in [5.41, 5.74) is 5.88. The zero-order chi connectivity index (χ0) is 10.8. The molecule has 0 aromatic rings. The number of likely N-dealkylation sites (N-methyl/N-ethyl adjacent to an activating group) is 1. The van der Waals surface area contributed by atoms with E-state index in [1.54, 1.807) is 0 Å². The van der Waals surface area contributed by atoms with Crippen molar-refractivity contribution in [1.29, 1.82) is 0 Å². The first-order valence-electron chi connectivity index (χ1n) is 6.23. The van der Waals surface area contributed by atoms with Crippen LogP contribution in [0.4, 0.5) is 0 Å². The fourth-order valence-electron chi connectivity index (χ4n) is 2.74. The van der Waals surface area contributed by atoms with E-state index in [0.717, 1.165) is 25.7 Å². The highest BCUT2D eigenvalue weighted by Gasteiger charge is 2.36. The minimum Gasteiger partial charge on any atom is -0.381 e. The molecule has 1 saturated heterocycles. The topological polar surface area (TPSA) is 38.5 Å². The molecular formula is C12H24N2O. The maximum atomic E-state index is 5.88.